The lowest BCUT2D eigenvalue weighted by Gasteiger charge is -2.37. The first-order chi connectivity index (χ1) is 12.0. The van der Waals surface area contributed by atoms with E-state index in [2.05, 4.69) is 9.88 Å². The molecule has 0 unspecified atom stereocenters. The number of ketones is 1. The van der Waals surface area contributed by atoms with Gasteiger partial charge in [0.25, 0.3) is 0 Å². The Morgan fingerprint density at radius 2 is 1.88 bits per heavy atom. The molecule has 1 aliphatic heterocycles. The summed E-state index contributed by atoms with van der Waals surface area (Å²) in [6.07, 6.45) is 3.38. The standard InChI is InChI=1S/C20H23FN2O2/c1-15-2-7-19(22-14-15)20(25)9-12-23(13-10-20)11-8-18(24)16-3-5-17(21)6-4-16/h2-7,14,25H,8-13H2,1H3. The van der Waals surface area contributed by atoms with E-state index in [4.69, 9.17) is 0 Å². The molecule has 5 heteroatoms. The molecule has 25 heavy (non-hydrogen) atoms. The third kappa shape index (κ3) is 4.30. The van der Waals surface area contributed by atoms with Crippen LogP contribution in [0.5, 0.6) is 0 Å². The Hall–Kier alpha value is -2.11. The Bertz CT molecular complexity index is 720. The lowest BCUT2D eigenvalue weighted by molar-refractivity contribution is -0.0290. The maximum absolute atomic E-state index is 12.9. The van der Waals surface area contributed by atoms with Crippen LogP contribution in [0.25, 0.3) is 0 Å². The molecule has 0 amide bonds. The smallest absolute Gasteiger partial charge is 0.164 e. The minimum atomic E-state index is -0.884. The maximum atomic E-state index is 12.9. The molecular formula is C20H23FN2O2. The fraction of sp³-hybridized carbons (Fsp3) is 0.400. The molecule has 3 rings (SSSR count). The first-order valence-electron chi connectivity index (χ1n) is 8.63. The third-order valence-corrected chi connectivity index (χ3v) is 4.89. The van der Waals surface area contributed by atoms with E-state index in [9.17, 15) is 14.3 Å². The summed E-state index contributed by atoms with van der Waals surface area (Å²) < 4.78 is 12.9. The van der Waals surface area contributed by atoms with E-state index in [0.29, 0.717) is 31.4 Å². The van der Waals surface area contributed by atoms with E-state index in [1.807, 2.05) is 19.1 Å². The Balaban J connectivity index is 1.51. The average Bonchev–Trinajstić information content (AvgIpc) is 2.62. The fourth-order valence-electron chi connectivity index (χ4n) is 3.19. The zero-order valence-corrected chi connectivity index (χ0v) is 14.4. The highest BCUT2D eigenvalue weighted by atomic mass is 19.1. The quantitative estimate of drug-likeness (QED) is 0.849. The van der Waals surface area contributed by atoms with Crippen molar-refractivity contribution in [3.8, 4) is 0 Å². The number of carbonyl (C=O) groups excluding carboxylic acids is 1. The van der Waals surface area contributed by atoms with Crippen molar-refractivity contribution in [2.45, 2.75) is 31.8 Å². The van der Waals surface area contributed by atoms with Crippen LogP contribution in [0.3, 0.4) is 0 Å². The zero-order chi connectivity index (χ0) is 17.9. The number of aromatic nitrogens is 1. The number of pyridine rings is 1. The van der Waals surface area contributed by atoms with Crippen molar-refractivity contribution in [2.75, 3.05) is 19.6 Å². The van der Waals surface area contributed by atoms with E-state index >= 15 is 0 Å². The molecule has 1 aromatic heterocycles. The largest absolute Gasteiger partial charge is 0.383 e. The van der Waals surface area contributed by atoms with E-state index in [0.717, 1.165) is 24.3 Å². The highest BCUT2D eigenvalue weighted by molar-refractivity contribution is 5.96. The van der Waals surface area contributed by atoms with Crippen molar-refractivity contribution in [3.63, 3.8) is 0 Å². The molecule has 1 saturated heterocycles. The topological polar surface area (TPSA) is 53.4 Å². The van der Waals surface area contributed by atoms with Crippen molar-refractivity contribution in [3.05, 3.63) is 65.2 Å². The van der Waals surface area contributed by atoms with E-state index in [1.54, 1.807) is 6.20 Å². The highest BCUT2D eigenvalue weighted by Crippen LogP contribution is 2.31. The van der Waals surface area contributed by atoms with Gasteiger partial charge in [-0.1, -0.05) is 6.07 Å². The molecular weight excluding hydrogens is 319 g/mol. The van der Waals surface area contributed by atoms with Gasteiger partial charge in [0.15, 0.2) is 5.78 Å². The van der Waals surface area contributed by atoms with Crippen LogP contribution < -0.4 is 0 Å². The molecule has 0 saturated carbocycles. The molecule has 1 aromatic carbocycles. The predicted octanol–water partition coefficient (Wildman–Crippen LogP) is 3.09. The van der Waals surface area contributed by atoms with Crippen molar-refractivity contribution >= 4 is 5.78 Å². The zero-order valence-electron chi connectivity index (χ0n) is 14.4. The molecule has 0 atom stereocenters. The van der Waals surface area contributed by atoms with Gasteiger partial charge in [-0.15, -0.1) is 0 Å². The van der Waals surface area contributed by atoms with Crippen LogP contribution in [-0.4, -0.2) is 40.4 Å². The van der Waals surface area contributed by atoms with Crippen LogP contribution in [0.15, 0.2) is 42.6 Å². The molecule has 2 aromatic rings. The van der Waals surface area contributed by atoms with Gasteiger partial charge in [-0.2, -0.15) is 0 Å². The van der Waals surface area contributed by atoms with Gasteiger partial charge in [-0.3, -0.25) is 9.78 Å². The summed E-state index contributed by atoms with van der Waals surface area (Å²) in [7, 11) is 0. The van der Waals surface area contributed by atoms with E-state index < -0.39 is 5.60 Å². The lowest BCUT2D eigenvalue weighted by atomic mass is 9.87. The van der Waals surface area contributed by atoms with E-state index in [1.165, 1.54) is 24.3 Å². The fourth-order valence-corrected chi connectivity index (χ4v) is 3.19. The second-order valence-electron chi connectivity index (χ2n) is 6.77. The lowest BCUT2D eigenvalue weighted by Crippen LogP contribution is -2.43. The van der Waals surface area contributed by atoms with E-state index in [-0.39, 0.29) is 11.6 Å². The van der Waals surface area contributed by atoms with Crippen LogP contribution >= 0.6 is 0 Å². The SMILES string of the molecule is Cc1ccc(C2(O)CCN(CCC(=O)c3ccc(F)cc3)CC2)nc1. The number of aliphatic hydroxyl groups is 1. The number of piperidine rings is 1. The minimum absolute atomic E-state index is 0.0148. The summed E-state index contributed by atoms with van der Waals surface area (Å²) in [5.41, 5.74) is 1.45. The van der Waals surface area contributed by atoms with Crippen LogP contribution in [0.1, 0.15) is 40.9 Å². The normalized spacial score (nSPS) is 17.4. The summed E-state index contributed by atoms with van der Waals surface area (Å²) in [5, 5.41) is 10.8. The first-order valence-corrected chi connectivity index (χ1v) is 8.63. The number of likely N-dealkylation sites (tertiary alicyclic amines) is 1. The number of rotatable bonds is 5. The van der Waals surface area contributed by atoms with Crippen LogP contribution in [-0.2, 0) is 5.60 Å². The van der Waals surface area contributed by atoms with Crippen molar-refractivity contribution in [1.29, 1.82) is 0 Å². The second kappa shape index (κ2) is 7.42. The number of hydrogen-bond acceptors (Lipinski definition) is 4. The van der Waals surface area contributed by atoms with Gasteiger partial charge in [-0.05, 0) is 55.7 Å². The van der Waals surface area contributed by atoms with Crippen LogP contribution in [0.4, 0.5) is 4.39 Å². The molecule has 132 valence electrons. The van der Waals surface area contributed by atoms with Gasteiger partial charge in [0.05, 0.1) is 5.69 Å². The van der Waals surface area contributed by atoms with Crippen molar-refractivity contribution in [2.24, 2.45) is 0 Å². The summed E-state index contributed by atoms with van der Waals surface area (Å²) in [4.78, 5) is 18.7. The first kappa shape index (κ1) is 17.7. The van der Waals surface area contributed by atoms with Crippen LogP contribution in [0.2, 0.25) is 0 Å². The molecule has 0 bridgehead atoms. The molecule has 0 aliphatic carbocycles. The van der Waals surface area contributed by atoms with Crippen molar-refractivity contribution in [1.82, 2.24) is 9.88 Å². The number of nitrogens with zero attached hydrogens (tertiary/aromatic N) is 2. The average molecular weight is 342 g/mol. The van der Waals surface area contributed by atoms with Gasteiger partial charge in [0.2, 0.25) is 0 Å². The number of hydrogen-bond donors (Lipinski definition) is 1. The van der Waals surface area contributed by atoms with Gasteiger partial charge in [-0.25, -0.2) is 4.39 Å². The number of Topliss-reactive ketones (excluding diaryl/α,β-unsaturated/α-hetero) is 1. The molecule has 2 heterocycles. The summed E-state index contributed by atoms with van der Waals surface area (Å²) >= 11 is 0. The molecule has 0 radical (unpaired) electrons. The monoisotopic (exact) mass is 342 g/mol. The highest BCUT2D eigenvalue weighted by Gasteiger charge is 2.35. The van der Waals surface area contributed by atoms with Crippen LogP contribution in [0, 0.1) is 12.7 Å². The Morgan fingerprint density at radius 3 is 2.48 bits per heavy atom. The van der Waals surface area contributed by atoms with Gasteiger partial charge < -0.3 is 10.0 Å². The van der Waals surface area contributed by atoms with Crippen molar-refractivity contribution < 1.29 is 14.3 Å². The maximum Gasteiger partial charge on any atom is 0.164 e. The Morgan fingerprint density at radius 1 is 1.20 bits per heavy atom. The molecule has 0 spiro atoms. The summed E-state index contributed by atoms with van der Waals surface area (Å²) in [5.74, 6) is -0.322. The summed E-state index contributed by atoms with van der Waals surface area (Å²) in [6, 6.07) is 9.52. The van der Waals surface area contributed by atoms with Gasteiger partial charge >= 0.3 is 0 Å². The third-order valence-electron chi connectivity index (χ3n) is 4.89. The molecule has 4 nitrogen and oxygen atoms in total. The minimum Gasteiger partial charge on any atom is -0.383 e. The van der Waals surface area contributed by atoms with Gasteiger partial charge in [0, 0.05) is 37.8 Å². The number of aryl methyl sites for hydroxylation is 1. The summed E-state index contributed by atoms with van der Waals surface area (Å²) in [6.45, 7) is 4.07. The Kier molecular flexibility index (Phi) is 5.25. The second-order valence-corrected chi connectivity index (χ2v) is 6.77. The molecule has 1 fully saturated rings. The van der Waals surface area contributed by atoms with Gasteiger partial charge in [0.1, 0.15) is 11.4 Å². The number of carbonyl (C=O) groups is 1. The number of halogens is 1. The predicted molar refractivity (Wildman–Crippen MR) is 93.9 cm³/mol. The molecule has 1 aliphatic rings. The Labute approximate surface area is 147 Å². The molecule has 1 N–H and O–H groups in total. The number of benzene rings is 1.